The molecule has 3 N–H and O–H groups in total. The summed E-state index contributed by atoms with van der Waals surface area (Å²) in [6.45, 7) is 2.85. The maximum absolute atomic E-state index is 10.1. The second-order valence-corrected chi connectivity index (χ2v) is 8.01. The average Bonchev–Trinajstić information content (AvgIpc) is 2.92. The number of aliphatic imine (C=N–C) groups is 1. The summed E-state index contributed by atoms with van der Waals surface area (Å²) in [7, 11) is 0. The highest BCUT2D eigenvalue weighted by Gasteiger charge is 2.21. The zero-order valence-corrected chi connectivity index (χ0v) is 16.3. The first kappa shape index (κ1) is 19.2. The summed E-state index contributed by atoms with van der Waals surface area (Å²) in [6.07, 6.45) is 9.58. The molecule has 1 unspecified atom stereocenters. The van der Waals surface area contributed by atoms with Crippen molar-refractivity contribution in [2.75, 3.05) is 26.2 Å². The first-order chi connectivity index (χ1) is 13.7. The highest BCUT2D eigenvalue weighted by atomic mass is 16.3. The number of phenolic OH excluding ortho intramolecular Hbond substituents is 2. The quantitative estimate of drug-likeness (QED) is 0.428. The van der Waals surface area contributed by atoms with Crippen LogP contribution in [0, 0.1) is 5.92 Å². The molecule has 1 aromatic heterocycles. The van der Waals surface area contributed by atoms with E-state index in [1.165, 1.54) is 12.0 Å². The van der Waals surface area contributed by atoms with Gasteiger partial charge in [0.1, 0.15) is 0 Å². The fourth-order valence-corrected chi connectivity index (χ4v) is 4.49. The van der Waals surface area contributed by atoms with Gasteiger partial charge < -0.3 is 20.2 Å². The zero-order chi connectivity index (χ0) is 19.5. The highest BCUT2D eigenvalue weighted by molar-refractivity contribution is 5.95. The van der Waals surface area contributed by atoms with Gasteiger partial charge >= 0.3 is 0 Å². The van der Waals surface area contributed by atoms with Crippen LogP contribution in [0.25, 0.3) is 10.9 Å². The number of aromatic hydroxyl groups is 2. The van der Waals surface area contributed by atoms with Crippen LogP contribution in [-0.4, -0.2) is 57.7 Å². The number of pyridine rings is 1. The lowest BCUT2D eigenvalue weighted by molar-refractivity contribution is 0.160. The number of aliphatic hydroxyl groups excluding tert-OH is 1. The van der Waals surface area contributed by atoms with Crippen molar-refractivity contribution in [1.29, 1.82) is 0 Å². The average molecular weight is 383 g/mol. The summed E-state index contributed by atoms with van der Waals surface area (Å²) >= 11 is 0. The van der Waals surface area contributed by atoms with E-state index in [0.29, 0.717) is 18.0 Å². The van der Waals surface area contributed by atoms with Gasteiger partial charge in [0, 0.05) is 42.4 Å². The molecule has 6 heteroatoms. The van der Waals surface area contributed by atoms with Crippen molar-refractivity contribution in [3.05, 3.63) is 23.4 Å². The molecule has 1 aromatic carbocycles. The van der Waals surface area contributed by atoms with Crippen molar-refractivity contribution in [2.24, 2.45) is 10.9 Å². The molecule has 1 atom stereocenters. The van der Waals surface area contributed by atoms with Crippen LogP contribution in [0.1, 0.15) is 43.4 Å². The molecule has 1 aliphatic carbocycles. The van der Waals surface area contributed by atoms with Crippen LogP contribution in [-0.2, 0) is 12.8 Å². The number of hydrogen-bond acceptors (Lipinski definition) is 6. The van der Waals surface area contributed by atoms with E-state index in [9.17, 15) is 15.3 Å². The summed E-state index contributed by atoms with van der Waals surface area (Å²) in [5.41, 5.74) is 3.85. The van der Waals surface area contributed by atoms with Gasteiger partial charge in [0.25, 0.3) is 0 Å². The summed E-state index contributed by atoms with van der Waals surface area (Å²) < 4.78 is 0. The number of aromatic nitrogens is 1. The van der Waals surface area contributed by atoms with E-state index in [2.05, 4.69) is 4.90 Å². The third kappa shape index (κ3) is 3.98. The molecule has 2 aliphatic rings. The Labute approximate surface area is 165 Å². The van der Waals surface area contributed by atoms with E-state index in [-0.39, 0.29) is 18.1 Å². The van der Waals surface area contributed by atoms with Crippen molar-refractivity contribution < 1.29 is 15.3 Å². The maximum Gasteiger partial charge on any atom is 0.159 e. The number of hydrogen-bond donors (Lipinski definition) is 3. The number of likely N-dealkylation sites (tertiary alicyclic amines) is 1. The van der Waals surface area contributed by atoms with Gasteiger partial charge in [-0.25, -0.2) is 0 Å². The maximum atomic E-state index is 10.1. The minimum Gasteiger partial charge on any atom is -0.504 e. The third-order valence-electron chi connectivity index (χ3n) is 5.95. The standard InChI is InChI=1S/C22H29N3O3/c26-10-9-25-8-4-5-15(14-25)13-23-22-16-6-2-1-3-7-18(16)24-19-12-21(28)20(27)11-17(19)22/h11-13,15,26-28H,1-10,14H2/b23-13-. The Kier molecular flexibility index (Phi) is 5.78. The number of phenols is 2. The molecule has 2 heterocycles. The van der Waals surface area contributed by atoms with Crippen molar-refractivity contribution >= 4 is 22.8 Å². The molecule has 150 valence electrons. The van der Waals surface area contributed by atoms with Crippen LogP contribution in [0.5, 0.6) is 11.5 Å². The number of aliphatic hydroxyl groups is 1. The van der Waals surface area contributed by atoms with Gasteiger partial charge in [-0.1, -0.05) is 6.42 Å². The van der Waals surface area contributed by atoms with Gasteiger partial charge in [-0.15, -0.1) is 0 Å². The van der Waals surface area contributed by atoms with Crippen LogP contribution in [0.3, 0.4) is 0 Å². The second-order valence-electron chi connectivity index (χ2n) is 8.01. The first-order valence-corrected chi connectivity index (χ1v) is 10.4. The molecule has 6 nitrogen and oxygen atoms in total. The Morgan fingerprint density at radius 1 is 1.11 bits per heavy atom. The molecule has 1 fully saturated rings. The smallest absolute Gasteiger partial charge is 0.159 e. The van der Waals surface area contributed by atoms with Gasteiger partial charge in [-0.05, 0) is 56.7 Å². The Hall–Kier alpha value is -2.18. The predicted octanol–water partition coefficient (Wildman–Crippen LogP) is 3.32. The normalized spacial score (nSPS) is 21.1. The lowest BCUT2D eigenvalue weighted by atomic mass is 9.98. The predicted molar refractivity (Wildman–Crippen MR) is 111 cm³/mol. The molecule has 28 heavy (non-hydrogen) atoms. The lowest BCUT2D eigenvalue weighted by Crippen LogP contribution is -2.37. The number of β-amino-alcohol motifs (C(OH)–C–C–N with tert-alkyl or cyclic N) is 1. The molecule has 0 amide bonds. The van der Waals surface area contributed by atoms with Gasteiger partial charge in [0.15, 0.2) is 11.5 Å². The highest BCUT2D eigenvalue weighted by Crippen LogP contribution is 2.39. The van der Waals surface area contributed by atoms with Crippen LogP contribution >= 0.6 is 0 Å². The number of aryl methyl sites for hydroxylation is 1. The van der Waals surface area contributed by atoms with E-state index < -0.39 is 0 Å². The van der Waals surface area contributed by atoms with Crippen molar-refractivity contribution in [3.63, 3.8) is 0 Å². The summed E-state index contributed by atoms with van der Waals surface area (Å²) in [5, 5.41) is 30.0. The van der Waals surface area contributed by atoms with Gasteiger partial charge in [-0.3, -0.25) is 9.98 Å². The summed E-state index contributed by atoms with van der Waals surface area (Å²) in [4.78, 5) is 12.0. The number of nitrogens with zero attached hydrogens (tertiary/aromatic N) is 3. The SMILES string of the molecule is OCCN1CCCC(/C=N\c2c3c(nc4cc(O)c(O)cc24)CCCCC3)C1. The molecule has 0 bridgehead atoms. The number of fused-ring (bicyclic) bond motifs is 2. The van der Waals surface area contributed by atoms with E-state index in [1.54, 1.807) is 12.1 Å². The van der Waals surface area contributed by atoms with Crippen molar-refractivity contribution in [3.8, 4) is 11.5 Å². The van der Waals surface area contributed by atoms with Gasteiger partial charge in [-0.2, -0.15) is 0 Å². The molecule has 4 rings (SSSR count). The third-order valence-corrected chi connectivity index (χ3v) is 5.95. The van der Waals surface area contributed by atoms with Gasteiger partial charge in [0.05, 0.1) is 17.8 Å². The summed E-state index contributed by atoms with van der Waals surface area (Å²) in [5.74, 6) is 0.0807. The fourth-order valence-electron chi connectivity index (χ4n) is 4.49. The Morgan fingerprint density at radius 3 is 2.79 bits per heavy atom. The monoisotopic (exact) mass is 383 g/mol. The first-order valence-electron chi connectivity index (χ1n) is 10.4. The largest absolute Gasteiger partial charge is 0.504 e. The van der Waals surface area contributed by atoms with E-state index in [0.717, 1.165) is 68.4 Å². The Bertz CT molecular complexity index is 879. The van der Waals surface area contributed by atoms with Gasteiger partial charge in [0.2, 0.25) is 0 Å². The van der Waals surface area contributed by atoms with Crippen LogP contribution < -0.4 is 0 Å². The molecule has 1 saturated heterocycles. The summed E-state index contributed by atoms with van der Waals surface area (Å²) in [6, 6.07) is 3.13. The molecule has 1 aliphatic heterocycles. The lowest BCUT2D eigenvalue weighted by Gasteiger charge is -2.30. The second kappa shape index (κ2) is 8.45. The minimum absolute atomic E-state index is 0.133. The molecule has 2 aromatic rings. The van der Waals surface area contributed by atoms with E-state index in [1.807, 2.05) is 6.21 Å². The molecular formula is C22H29N3O3. The van der Waals surface area contributed by atoms with Crippen LogP contribution in [0.2, 0.25) is 0 Å². The molecule has 0 saturated carbocycles. The van der Waals surface area contributed by atoms with E-state index >= 15 is 0 Å². The fraction of sp³-hybridized carbons (Fsp3) is 0.545. The van der Waals surface area contributed by atoms with Crippen molar-refractivity contribution in [2.45, 2.75) is 44.9 Å². The Morgan fingerprint density at radius 2 is 1.93 bits per heavy atom. The van der Waals surface area contributed by atoms with Crippen LogP contribution in [0.15, 0.2) is 17.1 Å². The molecule has 0 spiro atoms. The minimum atomic E-state index is -0.143. The number of rotatable bonds is 4. The van der Waals surface area contributed by atoms with E-state index in [4.69, 9.17) is 9.98 Å². The number of benzene rings is 1. The zero-order valence-electron chi connectivity index (χ0n) is 16.3. The topological polar surface area (TPSA) is 89.2 Å². The molecular weight excluding hydrogens is 354 g/mol. The molecule has 0 radical (unpaired) electrons. The van der Waals surface area contributed by atoms with Crippen molar-refractivity contribution in [1.82, 2.24) is 9.88 Å². The number of piperidine rings is 1. The Balaban J connectivity index is 1.73. The van der Waals surface area contributed by atoms with Crippen LogP contribution in [0.4, 0.5) is 5.69 Å².